The Labute approximate surface area is 232 Å². The van der Waals surface area contributed by atoms with Crippen molar-refractivity contribution in [2.24, 2.45) is 4.99 Å². The third-order valence-electron chi connectivity index (χ3n) is 7.27. The summed E-state index contributed by atoms with van der Waals surface area (Å²) >= 11 is 1.23. The Morgan fingerprint density at radius 2 is 1.85 bits per heavy atom. The van der Waals surface area contributed by atoms with Gasteiger partial charge in [-0.1, -0.05) is 48.2 Å². The van der Waals surface area contributed by atoms with Gasteiger partial charge in [-0.05, 0) is 60.2 Å². The van der Waals surface area contributed by atoms with E-state index in [0.29, 0.717) is 28.8 Å². The molecule has 4 aliphatic rings. The summed E-state index contributed by atoms with van der Waals surface area (Å²) in [6.07, 6.45) is 2.89. The first-order valence-corrected chi connectivity index (χ1v) is 13.3. The largest absolute Gasteiger partial charge is 0.497 e. The number of hydrogen-bond acceptors (Lipinski definition) is 6. The van der Waals surface area contributed by atoms with Crippen molar-refractivity contribution in [3.05, 3.63) is 125 Å². The molecule has 3 aromatic carbocycles. The van der Waals surface area contributed by atoms with E-state index in [4.69, 9.17) is 9.73 Å². The Morgan fingerprint density at radius 3 is 2.62 bits per heavy atom. The van der Waals surface area contributed by atoms with Gasteiger partial charge in [0.2, 0.25) is 4.87 Å². The molecule has 0 aromatic heterocycles. The fourth-order valence-corrected chi connectivity index (χ4v) is 7.11. The molecule has 3 aromatic rings. The Bertz CT molecular complexity index is 1680. The zero-order chi connectivity index (χ0) is 27.6. The van der Waals surface area contributed by atoms with Crippen LogP contribution in [0.15, 0.2) is 113 Å². The van der Waals surface area contributed by atoms with Gasteiger partial charge in [-0.3, -0.25) is 19.6 Å². The van der Waals surface area contributed by atoms with Gasteiger partial charge in [-0.15, -0.1) is 0 Å². The van der Waals surface area contributed by atoms with Crippen molar-refractivity contribution in [1.29, 1.82) is 0 Å². The standard InChI is InChI=1S/C30H21F3N4O2S/c1-39-21-11-7-8-18(16-21)25-26-27(36-15-6-5-12-24(36)35-25)37(20-9-3-2-4-10-20)29(40-26)22-17-19(30(31,32)33)13-14-23(22)34-28(29)38/h2-17,25H,1H3,(H,34,38). The van der Waals surface area contributed by atoms with Crippen molar-refractivity contribution in [2.75, 3.05) is 17.3 Å². The molecular formula is C30H21F3N4O2S. The van der Waals surface area contributed by atoms with Crippen LogP contribution < -0.4 is 15.0 Å². The van der Waals surface area contributed by atoms with E-state index in [2.05, 4.69) is 5.32 Å². The second-order valence-electron chi connectivity index (χ2n) is 9.55. The minimum Gasteiger partial charge on any atom is -0.497 e. The van der Waals surface area contributed by atoms with Gasteiger partial charge < -0.3 is 10.1 Å². The number of nitrogens with zero attached hydrogens (tertiary/aromatic N) is 3. The molecule has 2 atom stereocenters. The summed E-state index contributed by atoms with van der Waals surface area (Å²) in [5.74, 6) is 1.54. The van der Waals surface area contributed by atoms with Gasteiger partial charge >= 0.3 is 6.18 Å². The maximum atomic E-state index is 14.1. The highest BCUT2D eigenvalue weighted by atomic mass is 32.2. The first-order valence-electron chi connectivity index (χ1n) is 12.5. The average molecular weight is 559 g/mol. The normalized spacial score (nSPS) is 22.8. The van der Waals surface area contributed by atoms with Crippen molar-refractivity contribution >= 4 is 34.9 Å². The molecule has 0 aliphatic carbocycles. The molecule has 0 bridgehead atoms. The highest BCUT2D eigenvalue weighted by molar-refractivity contribution is 8.05. The van der Waals surface area contributed by atoms with Gasteiger partial charge in [0, 0.05) is 23.1 Å². The molecule has 7 rings (SSSR count). The van der Waals surface area contributed by atoms with Crippen molar-refractivity contribution in [2.45, 2.75) is 17.1 Å². The van der Waals surface area contributed by atoms with E-state index >= 15 is 0 Å². The number of benzene rings is 3. The van der Waals surface area contributed by atoms with Gasteiger partial charge in [0.25, 0.3) is 5.91 Å². The highest BCUT2D eigenvalue weighted by Crippen LogP contribution is 2.63. The number of para-hydroxylation sites is 1. The molecule has 4 heterocycles. The van der Waals surface area contributed by atoms with Crippen LogP contribution >= 0.6 is 11.8 Å². The van der Waals surface area contributed by atoms with Gasteiger partial charge in [-0.2, -0.15) is 13.2 Å². The molecule has 4 aliphatic heterocycles. The number of halogens is 3. The van der Waals surface area contributed by atoms with E-state index in [0.717, 1.165) is 22.6 Å². The highest BCUT2D eigenvalue weighted by Gasteiger charge is 2.61. The van der Waals surface area contributed by atoms with Crippen molar-refractivity contribution < 1.29 is 22.7 Å². The number of rotatable bonds is 3. The minimum absolute atomic E-state index is 0.248. The predicted octanol–water partition coefficient (Wildman–Crippen LogP) is 6.78. The van der Waals surface area contributed by atoms with Crippen LogP contribution in [-0.2, 0) is 15.8 Å². The number of fused-ring (bicyclic) bond motifs is 4. The van der Waals surface area contributed by atoms with Crippen molar-refractivity contribution in [1.82, 2.24) is 4.90 Å². The van der Waals surface area contributed by atoms with Crippen LogP contribution in [0.1, 0.15) is 22.7 Å². The fraction of sp³-hybridized carbons (Fsp3) is 0.133. The lowest BCUT2D eigenvalue weighted by Crippen LogP contribution is -2.49. The predicted molar refractivity (Wildman–Crippen MR) is 149 cm³/mol. The van der Waals surface area contributed by atoms with Crippen LogP contribution in [0.2, 0.25) is 0 Å². The number of anilines is 2. The van der Waals surface area contributed by atoms with Gasteiger partial charge in [0.1, 0.15) is 23.4 Å². The summed E-state index contributed by atoms with van der Waals surface area (Å²) < 4.78 is 47.3. The minimum atomic E-state index is -4.57. The zero-order valence-electron chi connectivity index (χ0n) is 21.0. The Balaban J connectivity index is 1.50. The summed E-state index contributed by atoms with van der Waals surface area (Å²) in [7, 11) is 1.58. The third-order valence-corrected chi connectivity index (χ3v) is 8.78. The molecule has 0 radical (unpaired) electrons. The quantitative estimate of drug-likeness (QED) is 0.384. The number of thioether (sulfide) groups is 1. The van der Waals surface area contributed by atoms with Crippen LogP contribution in [0.25, 0.3) is 0 Å². The number of allylic oxidation sites excluding steroid dienone is 2. The number of carbonyl (C=O) groups is 1. The number of nitrogens with one attached hydrogen (secondary N) is 1. The molecule has 2 unspecified atom stereocenters. The molecule has 0 saturated heterocycles. The Kier molecular flexibility index (Phi) is 5.40. The number of amidine groups is 1. The Hall–Kier alpha value is -4.44. The van der Waals surface area contributed by atoms with Crippen molar-refractivity contribution in [3.8, 4) is 5.75 Å². The summed E-state index contributed by atoms with van der Waals surface area (Å²) in [4.78, 5) is 22.0. The molecule has 0 fully saturated rings. The summed E-state index contributed by atoms with van der Waals surface area (Å²) in [6, 6.07) is 19.7. The van der Waals surface area contributed by atoms with E-state index in [1.54, 1.807) is 7.11 Å². The monoisotopic (exact) mass is 558 g/mol. The number of carbonyl (C=O) groups excluding carboxylic acids is 1. The average Bonchev–Trinajstić information content (AvgIpc) is 3.47. The van der Waals surface area contributed by atoms with Crippen LogP contribution in [0.3, 0.4) is 0 Å². The number of aliphatic imine (C=N–C) groups is 1. The topological polar surface area (TPSA) is 57.2 Å². The summed E-state index contributed by atoms with van der Waals surface area (Å²) in [6.45, 7) is 0. The molecule has 1 spiro atoms. The van der Waals surface area contributed by atoms with E-state index in [9.17, 15) is 18.0 Å². The molecular weight excluding hydrogens is 537 g/mol. The molecule has 10 heteroatoms. The van der Waals surface area contributed by atoms with Gasteiger partial charge in [0.15, 0.2) is 0 Å². The molecule has 200 valence electrons. The summed E-state index contributed by atoms with van der Waals surface area (Å²) in [5.41, 5.74) is 1.27. The first kappa shape index (κ1) is 24.6. The van der Waals surface area contributed by atoms with Crippen LogP contribution in [0, 0.1) is 0 Å². The van der Waals surface area contributed by atoms with Gasteiger partial charge in [0.05, 0.1) is 17.6 Å². The first-order chi connectivity index (χ1) is 19.3. The molecule has 0 saturated carbocycles. The molecule has 6 nitrogen and oxygen atoms in total. The van der Waals surface area contributed by atoms with Crippen molar-refractivity contribution in [3.63, 3.8) is 0 Å². The second-order valence-corrected chi connectivity index (χ2v) is 10.8. The van der Waals surface area contributed by atoms with Gasteiger partial charge in [-0.25, -0.2) is 0 Å². The molecule has 1 N–H and O–H groups in total. The number of ether oxygens (including phenoxy) is 1. The lowest BCUT2D eigenvalue weighted by atomic mass is 10.00. The maximum Gasteiger partial charge on any atom is 0.416 e. The lowest BCUT2D eigenvalue weighted by molar-refractivity contribution is -0.137. The fourth-order valence-electron chi connectivity index (χ4n) is 5.50. The van der Waals surface area contributed by atoms with E-state index < -0.39 is 28.6 Å². The van der Waals surface area contributed by atoms with Crippen LogP contribution in [0.4, 0.5) is 24.5 Å². The third kappa shape index (κ3) is 3.52. The number of amides is 1. The van der Waals surface area contributed by atoms with E-state index in [1.165, 1.54) is 17.8 Å². The zero-order valence-corrected chi connectivity index (χ0v) is 21.8. The SMILES string of the molecule is COc1cccc(C2N=C3C=CC=CN3C3=C2SC2(C(=O)Nc4ccc(C(F)(F)F)cc42)N3c2ccccc2)c1. The number of methoxy groups -OCH3 is 1. The summed E-state index contributed by atoms with van der Waals surface area (Å²) in [5, 5.41) is 2.86. The van der Waals surface area contributed by atoms with E-state index in [-0.39, 0.29) is 5.56 Å². The number of alkyl halides is 3. The van der Waals surface area contributed by atoms with Crippen LogP contribution in [-0.4, -0.2) is 23.8 Å². The maximum absolute atomic E-state index is 14.1. The van der Waals surface area contributed by atoms with E-state index in [1.807, 2.05) is 88.8 Å². The lowest BCUT2D eigenvalue weighted by Gasteiger charge is -2.40. The Morgan fingerprint density at radius 1 is 1.02 bits per heavy atom. The molecule has 1 amide bonds. The second kappa shape index (κ2) is 8.79. The molecule has 40 heavy (non-hydrogen) atoms. The smallest absolute Gasteiger partial charge is 0.416 e. The number of hydrogen-bond donors (Lipinski definition) is 1. The van der Waals surface area contributed by atoms with Crippen LogP contribution in [0.5, 0.6) is 5.75 Å².